The highest BCUT2D eigenvalue weighted by atomic mass is 16.5. The van der Waals surface area contributed by atoms with E-state index in [1.165, 1.54) is 24.1 Å². The number of ether oxygens (including phenoxy) is 1. The van der Waals surface area contributed by atoms with E-state index >= 15 is 0 Å². The van der Waals surface area contributed by atoms with Gasteiger partial charge in [0.05, 0.1) is 12.2 Å². The Morgan fingerprint density at radius 2 is 1.97 bits per heavy atom. The van der Waals surface area contributed by atoms with Gasteiger partial charge in [0.15, 0.2) is 6.61 Å². The van der Waals surface area contributed by atoms with E-state index in [-0.39, 0.29) is 12.5 Å². The Hall–Kier alpha value is -3.15. The van der Waals surface area contributed by atoms with Gasteiger partial charge in [-0.25, -0.2) is 0 Å². The Kier molecular flexibility index (Phi) is 5.89. The standard InChI is InChI=1S/C23H26N4O2/c1-17-9-11-18(12-10-17)29-16-22(28)25-14-15-27-21-8-3-2-6-19(21)23(26-27)20-7-4-5-13-24-20/h4-5,7,9-13H,2-3,6,8,14-16H2,1H3,(H,25,28). The smallest absolute Gasteiger partial charge is 0.258 e. The molecule has 0 saturated heterocycles. The number of pyridine rings is 1. The molecule has 29 heavy (non-hydrogen) atoms. The molecule has 0 atom stereocenters. The van der Waals surface area contributed by atoms with Crippen LogP contribution in [0.4, 0.5) is 0 Å². The first-order valence-corrected chi connectivity index (χ1v) is 10.2. The molecule has 1 aliphatic rings. The maximum Gasteiger partial charge on any atom is 0.258 e. The number of amides is 1. The number of aromatic nitrogens is 3. The van der Waals surface area contributed by atoms with Crippen molar-refractivity contribution in [2.45, 2.75) is 39.2 Å². The van der Waals surface area contributed by atoms with Crippen molar-refractivity contribution >= 4 is 5.91 Å². The van der Waals surface area contributed by atoms with Crippen molar-refractivity contribution in [3.8, 4) is 17.1 Å². The van der Waals surface area contributed by atoms with E-state index in [2.05, 4.69) is 10.3 Å². The lowest BCUT2D eigenvalue weighted by Crippen LogP contribution is -2.32. The van der Waals surface area contributed by atoms with Crippen molar-refractivity contribution in [1.82, 2.24) is 20.1 Å². The van der Waals surface area contributed by atoms with Gasteiger partial charge in [-0.1, -0.05) is 23.8 Å². The van der Waals surface area contributed by atoms with E-state index in [1.807, 2.05) is 54.1 Å². The Balaban J connectivity index is 1.35. The largest absolute Gasteiger partial charge is 0.484 e. The van der Waals surface area contributed by atoms with Crippen LogP contribution in [0.3, 0.4) is 0 Å². The number of hydrogen-bond donors (Lipinski definition) is 1. The Bertz CT molecular complexity index is 965. The van der Waals surface area contributed by atoms with Crippen molar-refractivity contribution in [2.75, 3.05) is 13.2 Å². The predicted molar refractivity (Wildman–Crippen MR) is 112 cm³/mol. The van der Waals surface area contributed by atoms with Gasteiger partial charge >= 0.3 is 0 Å². The number of carbonyl (C=O) groups excluding carboxylic acids is 1. The number of rotatable bonds is 7. The zero-order valence-corrected chi connectivity index (χ0v) is 16.7. The van der Waals surface area contributed by atoms with E-state index in [0.717, 1.165) is 29.8 Å². The summed E-state index contributed by atoms with van der Waals surface area (Å²) in [6, 6.07) is 13.6. The summed E-state index contributed by atoms with van der Waals surface area (Å²) in [5, 5.41) is 7.76. The molecule has 6 nitrogen and oxygen atoms in total. The molecule has 6 heteroatoms. The van der Waals surface area contributed by atoms with Crippen LogP contribution in [0.15, 0.2) is 48.7 Å². The molecule has 0 saturated carbocycles. The first-order chi connectivity index (χ1) is 14.2. The number of hydrogen-bond acceptors (Lipinski definition) is 4. The summed E-state index contributed by atoms with van der Waals surface area (Å²) in [7, 11) is 0. The van der Waals surface area contributed by atoms with Gasteiger partial charge in [-0.15, -0.1) is 0 Å². The molecular formula is C23H26N4O2. The number of carbonyl (C=O) groups is 1. The maximum atomic E-state index is 12.1. The van der Waals surface area contributed by atoms with Crippen LogP contribution in [-0.2, 0) is 24.2 Å². The monoisotopic (exact) mass is 390 g/mol. The fourth-order valence-electron chi connectivity index (χ4n) is 3.70. The van der Waals surface area contributed by atoms with Gasteiger partial charge in [0.1, 0.15) is 11.4 Å². The van der Waals surface area contributed by atoms with Gasteiger partial charge in [0.25, 0.3) is 5.91 Å². The number of nitrogens with zero attached hydrogens (tertiary/aromatic N) is 3. The number of aryl methyl sites for hydroxylation is 1. The summed E-state index contributed by atoms with van der Waals surface area (Å²) in [6.45, 7) is 3.19. The highest BCUT2D eigenvalue weighted by molar-refractivity contribution is 5.77. The third-order valence-corrected chi connectivity index (χ3v) is 5.20. The van der Waals surface area contributed by atoms with E-state index in [0.29, 0.717) is 18.8 Å². The third kappa shape index (κ3) is 4.65. The van der Waals surface area contributed by atoms with Crippen LogP contribution in [0.5, 0.6) is 5.75 Å². The van der Waals surface area contributed by atoms with Gasteiger partial charge in [-0.05, 0) is 56.9 Å². The number of fused-ring (bicyclic) bond motifs is 1. The van der Waals surface area contributed by atoms with Crippen molar-refractivity contribution in [1.29, 1.82) is 0 Å². The minimum atomic E-state index is -0.128. The lowest BCUT2D eigenvalue weighted by molar-refractivity contribution is -0.123. The van der Waals surface area contributed by atoms with E-state index in [4.69, 9.17) is 9.84 Å². The lowest BCUT2D eigenvalue weighted by Gasteiger charge is -2.14. The molecule has 1 aliphatic carbocycles. The maximum absolute atomic E-state index is 12.1. The van der Waals surface area contributed by atoms with Crippen molar-refractivity contribution < 1.29 is 9.53 Å². The second kappa shape index (κ2) is 8.90. The molecular weight excluding hydrogens is 364 g/mol. The SMILES string of the molecule is Cc1ccc(OCC(=O)NCCn2nc(-c3ccccn3)c3c2CCCC3)cc1. The van der Waals surface area contributed by atoms with E-state index in [1.54, 1.807) is 6.20 Å². The Labute approximate surface area is 170 Å². The molecule has 0 radical (unpaired) electrons. The summed E-state index contributed by atoms with van der Waals surface area (Å²) >= 11 is 0. The minimum Gasteiger partial charge on any atom is -0.484 e. The quantitative estimate of drug-likeness (QED) is 0.672. The molecule has 0 unspecified atom stereocenters. The van der Waals surface area contributed by atoms with Crippen LogP contribution in [0.2, 0.25) is 0 Å². The van der Waals surface area contributed by atoms with Crippen LogP contribution in [0.1, 0.15) is 29.7 Å². The molecule has 2 aromatic heterocycles. The molecule has 2 heterocycles. The second-order valence-electron chi connectivity index (χ2n) is 7.37. The number of benzene rings is 1. The molecule has 1 aromatic carbocycles. The van der Waals surface area contributed by atoms with Crippen molar-refractivity contribution in [3.05, 3.63) is 65.5 Å². The molecule has 3 aromatic rings. The fraction of sp³-hybridized carbons (Fsp3) is 0.348. The molecule has 0 fully saturated rings. The predicted octanol–water partition coefficient (Wildman–Crippen LogP) is 3.33. The van der Waals surface area contributed by atoms with Gasteiger partial charge in [0.2, 0.25) is 0 Å². The molecule has 0 aliphatic heterocycles. The summed E-state index contributed by atoms with van der Waals surface area (Å²) in [5.74, 6) is 0.573. The Morgan fingerprint density at radius 3 is 2.76 bits per heavy atom. The van der Waals surface area contributed by atoms with Gasteiger partial charge < -0.3 is 10.1 Å². The number of nitrogens with one attached hydrogen (secondary N) is 1. The highest BCUT2D eigenvalue weighted by Gasteiger charge is 2.22. The first kappa shape index (κ1) is 19.2. The molecule has 4 rings (SSSR count). The third-order valence-electron chi connectivity index (χ3n) is 5.20. The van der Waals surface area contributed by atoms with Crippen LogP contribution in [0.25, 0.3) is 11.4 Å². The zero-order chi connectivity index (χ0) is 20.1. The van der Waals surface area contributed by atoms with Crippen molar-refractivity contribution in [2.24, 2.45) is 0 Å². The van der Waals surface area contributed by atoms with Crippen LogP contribution in [-0.4, -0.2) is 33.8 Å². The van der Waals surface area contributed by atoms with Gasteiger partial charge in [-0.3, -0.25) is 14.5 Å². The van der Waals surface area contributed by atoms with Crippen LogP contribution >= 0.6 is 0 Å². The van der Waals surface area contributed by atoms with Crippen LogP contribution in [0, 0.1) is 6.92 Å². The molecule has 0 spiro atoms. The average molecular weight is 390 g/mol. The highest BCUT2D eigenvalue weighted by Crippen LogP contribution is 2.30. The molecule has 1 amide bonds. The first-order valence-electron chi connectivity index (χ1n) is 10.2. The normalized spacial score (nSPS) is 13.0. The van der Waals surface area contributed by atoms with Crippen molar-refractivity contribution in [3.63, 3.8) is 0 Å². The molecule has 150 valence electrons. The second-order valence-corrected chi connectivity index (χ2v) is 7.37. The summed E-state index contributed by atoms with van der Waals surface area (Å²) < 4.78 is 7.58. The van der Waals surface area contributed by atoms with E-state index in [9.17, 15) is 4.79 Å². The molecule has 0 bridgehead atoms. The summed E-state index contributed by atoms with van der Waals surface area (Å²) in [5.41, 5.74) is 5.65. The minimum absolute atomic E-state index is 0.0134. The molecule has 1 N–H and O–H groups in total. The van der Waals surface area contributed by atoms with Gasteiger partial charge in [-0.2, -0.15) is 5.10 Å². The fourth-order valence-corrected chi connectivity index (χ4v) is 3.70. The zero-order valence-electron chi connectivity index (χ0n) is 16.7. The van der Waals surface area contributed by atoms with E-state index < -0.39 is 0 Å². The lowest BCUT2D eigenvalue weighted by atomic mass is 9.95. The summed E-state index contributed by atoms with van der Waals surface area (Å²) in [4.78, 5) is 16.6. The topological polar surface area (TPSA) is 69.0 Å². The summed E-state index contributed by atoms with van der Waals surface area (Å²) in [6.07, 6.45) is 6.23. The van der Waals surface area contributed by atoms with Gasteiger partial charge in [0, 0.05) is 24.0 Å². The Morgan fingerprint density at radius 1 is 1.14 bits per heavy atom. The average Bonchev–Trinajstić information content (AvgIpc) is 3.13. The van der Waals surface area contributed by atoms with Crippen LogP contribution < -0.4 is 10.1 Å².